The molecule has 10 heteroatoms. The third-order valence-corrected chi connectivity index (χ3v) is 7.20. The summed E-state index contributed by atoms with van der Waals surface area (Å²) in [5.74, 6) is -1.51. The monoisotopic (exact) mass is 534 g/mol. The van der Waals surface area contributed by atoms with Crippen LogP contribution in [0.1, 0.15) is 18.4 Å². The predicted molar refractivity (Wildman–Crippen MR) is 136 cm³/mol. The minimum absolute atomic E-state index is 0.0125. The van der Waals surface area contributed by atoms with Crippen molar-refractivity contribution in [3.8, 4) is 11.1 Å². The van der Waals surface area contributed by atoms with Gasteiger partial charge >= 0.3 is 5.97 Å². The molecule has 0 fully saturated rings. The molecule has 0 aliphatic carbocycles. The lowest BCUT2D eigenvalue weighted by atomic mass is 10.1. The number of halogens is 2. The molecule has 0 aliphatic heterocycles. The van der Waals surface area contributed by atoms with Crippen molar-refractivity contribution in [1.82, 2.24) is 10.0 Å². The fourth-order valence-electron chi connectivity index (χ4n) is 3.34. The molecule has 184 valence electrons. The number of hydrogen-bond donors (Lipinski definition) is 3. The van der Waals surface area contributed by atoms with Crippen LogP contribution in [0, 0.1) is 0 Å². The number of aliphatic carboxylic acids is 1. The smallest absolute Gasteiger partial charge is 0.321 e. The van der Waals surface area contributed by atoms with Crippen molar-refractivity contribution in [1.29, 1.82) is 0 Å². The third kappa shape index (κ3) is 8.07. The fraction of sp³-hybridized carbons (Fsp3) is 0.200. The Morgan fingerprint density at radius 3 is 1.89 bits per heavy atom. The average molecular weight is 535 g/mol. The summed E-state index contributed by atoms with van der Waals surface area (Å²) in [6, 6.07) is 18.8. The molecule has 0 heterocycles. The number of carbonyl (C=O) groups excluding carboxylic acids is 1. The van der Waals surface area contributed by atoms with E-state index in [0.717, 1.165) is 16.7 Å². The molecule has 0 saturated carbocycles. The highest BCUT2D eigenvalue weighted by Gasteiger charge is 2.25. The van der Waals surface area contributed by atoms with Gasteiger partial charge in [-0.2, -0.15) is 4.72 Å². The SMILES string of the molecule is O=C(Cc1ccc(Cl)cc1)NCCC[C@H](NS(=O)(=O)c1ccc(-c2ccc(Cl)cc2)cc1)C(=O)O. The highest BCUT2D eigenvalue weighted by molar-refractivity contribution is 7.89. The van der Waals surface area contributed by atoms with Crippen LogP contribution in [0.3, 0.4) is 0 Å². The molecule has 0 bridgehead atoms. The van der Waals surface area contributed by atoms with E-state index in [0.29, 0.717) is 10.0 Å². The summed E-state index contributed by atoms with van der Waals surface area (Å²) in [6.07, 6.45) is 0.457. The van der Waals surface area contributed by atoms with Crippen LogP contribution in [-0.4, -0.2) is 38.0 Å². The van der Waals surface area contributed by atoms with Gasteiger partial charge in [-0.1, -0.05) is 59.6 Å². The van der Waals surface area contributed by atoms with Crippen molar-refractivity contribution >= 4 is 45.1 Å². The van der Waals surface area contributed by atoms with Gasteiger partial charge in [0, 0.05) is 16.6 Å². The van der Waals surface area contributed by atoms with Gasteiger partial charge in [-0.05, 0) is 65.9 Å². The number of carboxylic acids is 1. The normalized spacial score (nSPS) is 12.2. The predicted octanol–water partition coefficient (Wildman–Crippen LogP) is 4.53. The highest BCUT2D eigenvalue weighted by Crippen LogP contribution is 2.23. The number of carboxylic acid groups (broad SMARTS) is 1. The van der Waals surface area contributed by atoms with Crippen LogP contribution in [0.5, 0.6) is 0 Å². The summed E-state index contributed by atoms with van der Waals surface area (Å²) in [7, 11) is -4.06. The van der Waals surface area contributed by atoms with Gasteiger partial charge in [0.1, 0.15) is 6.04 Å². The third-order valence-electron chi connectivity index (χ3n) is 5.21. The van der Waals surface area contributed by atoms with Gasteiger partial charge in [-0.15, -0.1) is 0 Å². The Labute approximate surface area is 214 Å². The maximum absolute atomic E-state index is 12.7. The van der Waals surface area contributed by atoms with Gasteiger partial charge in [-0.3, -0.25) is 9.59 Å². The topological polar surface area (TPSA) is 113 Å². The van der Waals surface area contributed by atoms with Crippen LogP contribution < -0.4 is 10.0 Å². The van der Waals surface area contributed by atoms with E-state index in [1.165, 1.54) is 12.1 Å². The molecule has 0 spiro atoms. The van der Waals surface area contributed by atoms with Crippen LogP contribution in [0.25, 0.3) is 11.1 Å². The Kier molecular flexibility index (Phi) is 9.28. The highest BCUT2D eigenvalue weighted by atomic mass is 35.5. The van der Waals surface area contributed by atoms with E-state index in [9.17, 15) is 23.1 Å². The van der Waals surface area contributed by atoms with Crippen LogP contribution in [0.15, 0.2) is 77.7 Å². The lowest BCUT2D eigenvalue weighted by molar-refractivity contribution is -0.139. The van der Waals surface area contributed by atoms with Gasteiger partial charge in [0.25, 0.3) is 0 Å². The summed E-state index contributed by atoms with van der Waals surface area (Å²) in [5.41, 5.74) is 2.46. The first-order valence-electron chi connectivity index (χ1n) is 10.8. The van der Waals surface area contributed by atoms with E-state index < -0.39 is 22.0 Å². The van der Waals surface area contributed by atoms with Gasteiger partial charge < -0.3 is 10.4 Å². The molecule has 1 amide bonds. The Bertz CT molecular complexity index is 1260. The van der Waals surface area contributed by atoms with E-state index in [4.69, 9.17) is 23.2 Å². The lowest BCUT2D eigenvalue weighted by Crippen LogP contribution is -2.41. The molecule has 3 aromatic rings. The van der Waals surface area contributed by atoms with Crippen LogP contribution >= 0.6 is 23.2 Å². The van der Waals surface area contributed by atoms with Crippen LogP contribution in [0.4, 0.5) is 0 Å². The van der Waals surface area contributed by atoms with Gasteiger partial charge in [0.15, 0.2) is 0 Å². The van der Waals surface area contributed by atoms with Crippen molar-refractivity contribution in [3.63, 3.8) is 0 Å². The van der Waals surface area contributed by atoms with Crippen molar-refractivity contribution < 1.29 is 23.1 Å². The average Bonchev–Trinajstić information content (AvgIpc) is 2.83. The van der Waals surface area contributed by atoms with Crippen LogP contribution in [-0.2, 0) is 26.0 Å². The van der Waals surface area contributed by atoms with E-state index in [2.05, 4.69) is 10.0 Å². The van der Waals surface area contributed by atoms with Crippen molar-refractivity contribution in [2.45, 2.75) is 30.2 Å². The Morgan fingerprint density at radius 2 is 1.34 bits per heavy atom. The molecule has 0 unspecified atom stereocenters. The molecule has 3 rings (SSSR count). The summed E-state index contributed by atoms with van der Waals surface area (Å²) in [6.45, 7) is 0.216. The number of rotatable bonds is 11. The molecule has 0 saturated heterocycles. The largest absolute Gasteiger partial charge is 0.480 e. The van der Waals surface area contributed by atoms with Gasteiger partial charge in [-0.25, -0.2) is 8.42 Å². The molecule has 0 aromatic heterocycles. The molecule has 1 atom stereocenters. The molecule has 35 heavy (non-hydrogen) atoms. The maximum atomic E-state index is 12.7. The molecule has 3 aromatic carbocycles. The first-order chi connectivity index (χ1) is 16.6. The number of amides is 1. The lowest BCUT2D eigenvalue weighted by Gasteiger charge is -2.15. The first kappa shape index (κ1) is 26.7. The Hall–Kier alpha value is -2.91. The maximum Gasteiger partial charge on any atom is 0.321 e. The number of nitrogens with one attached hydrogen (secondary N) is 2. The van der Waals surface area contributed by atoms with E-state index in [1.54, 1.807) is 48.5 Å². The minimum Gasteiger partial charge on any atom is -0.480 e. The van der Waals surface area contributed by atoms with Crippen LogP contribution in [0.2, 0.25) is 10.0 Å². The Balaban J connectivity index is 1.53. The van der Waals surface area contributed by atoms with E-state index in [1.807, 2.05) is 12.1 Å². The van der Waals surface area contributed by atoms with E-state index >= 15 is 0 Å². The zero-order valence-corrected chi connectivity index (χ0v) is 20.9. The van der Waals surface area contributed by atoms with Crippen molar-refractivity contribution in [3.05, 3.63) is 88.4 Å². The van der Waals surface area contributed by atoms with Crippen molar-refractivity contribution in [2.24, 2.45) is 0 Å². The summed E-state index contributed by atoms with van der Waals surface area (Å²) in [5, 5.41) is 13.4. The zero-order chi connectivity index (χ0) is 25.4. The summed E-state index contributed by atoms with van der Waals surface area (Å²) in [4.78, 5) is 23.7. The Morgan fingerprint density at radius 1 is 0.829 bits per heavy atom. The van der Waals surface area contributed by atoms with Gasteiger partial charge in [0.05, 0.1) is 11.3 Å². The standard InChI is InChI=1S/C25H24Cl2N2O5S/c26-20-9-3-17(4-10-20)16-24(30)28-15-1-2-23(25(31)32)29-35(33,34)22-13-7-19(8-14-22)18-5-11-21(27)12-6-18/h3-14,23,29H,1-2,15-16H2,(H,28,30)(H,31,32)/t23-/m0/s1. The number of sulfonamides is 1. The second-order valence-corrected chi connectivity index (χ2v) is 10.4. The van der Waals surface area contributed by atoms with Gasteiger partial charge in [0.2, 0.25) is 15.9 Å². The molecule has 0 radical (unpaired) electrons. The van der Waals surface area contributed by atoms with E-state index in [-0.39, 0.29) is 36.6 Å². The second kappa shape index (κ2) is 12.2. The zero-order valence-electron chi connectivity index (χ0n) is 18.6. The quantitative estimate of drug-likeness (QED) is 0.313. The number of hydrogen-bond acceptors (Lipinski definition) is 4. The molecule has 3 N–H and O–H groups in total. The number of carbonyl (C=O) groups is 2. The molecule has 7 nitrogen and oxygen atoms in total. The second-order valence-electron chi connectivity index (χ2n) is 7.84. The fourth-order valence-corrected chi connectivity index (χ4v) is 4.82. The molecular formula is C25H24Cl2N2O5S. The summed E-state index contributed by atoms with van der Waals surface area (Å²) >= 11 is 11.7. The summed E-state index contributed by atoms with van der Waals surface area (Å²) < 4.78 is 27.7. The number of benzene rings is 3. The molecule has 0 aliphatic rings. The molecular weight excluding hydrogens is 511 g/mol. The first-order valence-corrected chi connectivity index (χ1v) is 13.0. The minimum atomic E-state index is -4.06. The van der Waals surface area contributed by atoms with Crippen molar-refractivity contribution in [2.75, 3.05) is 6.54 Å².